The number of hydrogen-bond donors (Lipinski definition) is 1. The van der Waals surface area contributed by atoms with Gasteiger partial charge in [0.25, 0.3) is 0 Å². The Bertz CT molecular complexity index is 1720. The summed E-state index contributed by atoms with van der Waals surface area (Å²) in [6.07, 6.45) is -8.62. The topological polar surface area (TPSA) is 130 Å². The SMILES string of the molecule is COc1cccc(OC)c1-n1c(NS(=O)(=O)C(C)C(OC)c2ncc(C)cn2)nnc1-c1cc(C(F)(F)F)cc(C(F)(F)F)c1. The zero-order valence-corrected chi connectivity index (χ0v) is 25.0. The summed E-state index contributed by atoms with van der Waals surface area (Å²) in [7, 11) is -0.780. The summed E-state index contributed by atoms with van der Waals surface area (Å²) in [5.74, 6) is -1.17. The van der Waals surface area contributed by atoms with Crippen LogP contribution in [0.5, 0.6) is 11.5 Å². The van der Waals surface area contributed by atoms with Gasteiger partial charge in [-0.1, -0.05) is 6.07 Å². The van der Waals surface area contributed by atoms with Crippen molar-refractivity contribution in [2.75, 3.05) is 26.1 Å². The highest BCUT2D eigenvalue weighted by molar-refractivity contribution is 7.93. The summed E-state index contributed by atoms with van der Waals surface area (Å²) < 4.78 is 129. The van der Waals surface area contributed by atoms with E-state index in [1.165, 1.54) is 58.8 Å². The number of ether oxygens (including phenoxy) is 3. The Morgan fingerprint density at radius 1 is 0.867 bits per heavy atom. The highest BCUT2D eigenvalue weighted by Gasteiger charge is 2.39. The van der Waals surface area contributed by atoms with Crippen molar-refractivity contribution in [3.8, 4) is 28.6 Å². The number of nitrogens with one attached hydrogen (secondary N) is 1. The lowest BCUT2D eigenvalue weighted by Gasteiger charge is -2.23. The van der Waals surface area contributed by atoms with Crippen molar-refractivity contribution < 1.29 is 49.0 Å². The number of alkyl halides is 6. The molecule has 2 atom stereocenters. The molecule has 0 saturated heterocycles. The maximum Gasteiger partial charge on any atom is 0.416 e. The molecule has 0 amide bonds. The molecule has 4 rings (SSSR count). The standard InChI is InChI=1S/C27H26F6N6O5S/c1-14-12-34-23(35-13-14)22(44-5)15(2)45(40,41)38-25-37-36-24(39(25)21-19(42-3)7-6-8-20(21)43-4)16-9-17(26(28,29)30)11-18(10-16)27(31,32)33/h6-13,15,22H,1-5H3,(H,37,38). The fraction of sp³-hybridized carbons (Fsp3) is 0.333. The number of sulfonamides is 1. The van der Waals surface area contributed by atoms with Gasteiger partial charge in [-0.3, -0.25) is 9.29 Å². The molecule has 0 aliphatic carbocycles. The van der Waals surface area contributed by atoms with E-state index in [-0.39, 0.29) is 29.1 Å². The van der Waals surface area contributed by atoms with Crippen LogP contribution in [0.25, 0.3) is 17.1 Å². The first kappa shape index (κ1) is 33.4. The number of rotatable bonds is 10. The van der Waals surface area contributed by atoms with Gasteiger partial charge in [-0.05, 0) is 49.7 Å². The largest absolute Gasteiger partial charge is 0.494 e. The van der Waals surface area contributed by atoms with Gasteiger partial charge in [0, 0.05) is 25.1 Å². The van der Waals surface area contributed by atoms with Gasteiger partial charge in [0.15, 0.2) is 11.6 Å². The van der Waals surface area contributed by atoms with Gasteiger partial charge in [-0.2, -0.15) is 26.3 Å². The Hall–Kier alpha value is -4.45. The van der Waals surface area contributed by atoms with Crippen LogP contribution in [-0.4, -0.2) is 59.7 Å². The lowest BCUT2D eigenvalue weighted by molar-refractivity contribution is -0.143. The maximum absolute atomic E-state index is 13.7. The third-order valence-electron chi connectivity index (χ3n) is 6.59. The van der Waals surface area contributed by atoms with E-state index in [1.54, 1.807) is 6.92 Å². The third kappa shape index (κ3) is 6.95. The maximum atomic E-state index is 13.7. The van der Waals surface area contributed by atoms with Crippen LogP contribution in [0.4, 0.5) is 32.3 Å². The van der Waals surface area contributed by atoms with Crippen molar-refractivity contribution in [3.63, 3.8) is 0 Å². The van der Waals surface area contributed by atoms with Crippen LogP contribution in [0.15, 0.2) is 48.8 Å². The molecule has 0 aliphatic heterocycles. The van der Waals surface area contributed by atoms with Gasteiger partial charge in [-0.25, -0.2) is 18.4 Å². The van der Waals surface area contributed by atoms with Crippen LogP contribution >= 0.6 is 0 Å². The zero-order valence-electron chi connectivity index (χ0n) is 24.2. The van der Waals surface area contributed by atoms with E-state index in [1.807, 2.05) is 0 Å². The first-order valence-electron chi connectivity index (χ1n) is 12.8. The first-order valence-corrected chi connectivity index (χ1v) is 14.4. The number of benzene rings is 2. The molecule has 45 heavy (non-hydrogen) atoms. The van der Waals surface area contributed by atoms with Crippen LogP contribution in [0, 0.1) is 6.92 Å². The molecule has 2 heterocycles. The second-order valence-corrected chi connectivity index (χ2v) is 11.7. The zero-order chi connectivity index (χ0) is 33.3. The molecule has 0 radical (unpaired) electrons. The van der Waals surface area contributed by atoms with E-state index in [0.717, 1.165) is 4.57 Å². The quantitative estimate of drug-likeness (QED) is 0.216. The van der Waals surface area contributed by atoms with Crippen molar-refractivity contribution >= 4 is 16.0 Å². The number of para-hydroxylation sites is 1. The molecule has 1 N–H and O–H groups in total. The normalized spacial score (nSPS) is 13.8. The van der Waals surface area contributed by atoms with Crippen LogP contribution < -0.4 is 14.2 Å². The van der Waals surface area contributed by atoms with Crippen molar-refractivity contribution in [1.29, 1.82) is 0 Å². The average Bonchev–Trinajstić information content (AvgIpc) is 3.38. The van der Waals surface area contributed by atoms with Crippen molar-refractivity contribution in [2.45, 2.75) is 37.6 Å². The molecular weight excluding hydrogens is 634 g/mol. The lowest BCUT2D eigenvalue weighted by Crippen LogP contribution is -2.33. The third-order valence-corrected chi connectivity index (χ3v) is 8.29. The second-order valence-electron chi connectivity index (χ2n) is 9.62. The van der Waals surface area contributed by atoms with E-state index >= 15 is 0 Å². The molecule has 2 unspecified atom stereocenters. The number of hydrogen-bond acceptors (Lipinski definition) is 9. The smallest absolute Gasteiger partial charge is 0.416 e. The minimum Gasteiger partial charge on any atom is -0.494 e. The van der Waals surface area contributed by atoms with Crippen molar-refractivity contribution in [2.24, 2.45) is 0 Å². The monoisotopic (exact) mass is 660 g/mol. The summed E-state index contributed by atoms with van der Waals surface area (Å²) in [6.45, 7) is 3.01. The van der Waals surface area contributed by atoms with Gasteiger partial charge in [-0.15, -0.1) is 10.2 Å². The van der Waals surface area contributed by atoms with Crippen LogP contribution in [-0.2, 0) is 27.1 Å². The van der Waals surface area contributed by atoms with Gasteiger partial charge in [0.1, 0.15) is 28.5 Å². The number of aromatic nitrogens is 5. The summed E-state index contributed by atoms with van der Waals surface area (Å²) >= 11 is 0. The number of anilines is 1. The highest BCUT2D eigenvalue weighted by Crippen LogP contribution is 2.42. The summed E-state index contributed by atoms with van der Waals surface area (Å²) in [5.41, 5.74) is -3.34. The molecule has 11 nitrogen and oxygen atoms in total. The predicted octanol–water partition coefficient (Wildman–Crippen LogP) is 5.61. The number of methoxy groups -OCH3 is 3. The summed E-state index contributed by atoms with van der Waals surface area (Å²) in [6, 6.07) is 5.14. The van der Waals surface area contributed by atoms with E-state index < -0.39 is 62.2 Å². The fourth-order valence-corrected chi connectivity index (χ4v) is 5.46. The molecule has 242 valence electrons. The van der Waals surface area contributed by atoms with Gasteiger partial charge in [0.2, 0.25) is 16.0 Å². The molecular formula is C27H26F6N6O5S. The number of halogens is 6. The minimum atomic E-state index is -5.17. The van der Waals surface area contributed by atoms with Gasteiger partial charge < -0.3 is 14.2 Å². The Balaban J connectivity index is 1.96. The van der Waals surface area contributed by atoms with E-state index in [2.05, 4.69) is 24.9 Å². The van der Waals surface area contributed by atoms with E-state index in [9.17, 15) is 34.8 Å². The fourth-order valence-electron chi connectivity index (χ4n) is 4.32. The molecule has 2 aromatic carbocycles. The van der Waals surface area contributed by atoms with Gasteiger partial charge >= 0.3 is 12.4 Å². The Morgan fingerprint density at radius 3 is 1.87 bits per heavy atom. The highest BCUT2D eigenvalue weighted by atomic mass is 32.2. The number of aryl methyl sites for hydroxylation is 1. The molecule has 0 saturated carbocycles. The van der Waals surface area contributed by atoms with Gasteiger partial charge in [0.05, 0.1) is 25.3 Å². The van der Waals surface area contributed by atoms with Crippen LogP contribution in [0.3, 0.4) is 0 Å². The first-order chi connectivity index (χ1) is 21.0. The molecule has 0 spiro atoms. The molecule has 4 aromatic rings. The molecule has 2 aromatic heterocycles. The Kier molecular flexibility index (Phi) is 9.30. The molecule has 0 aliphatic rings. The second kappa shape index (κ2) is 12.5. The lowest BCUT2D eigenvalue weighted by atomic mass is 10.0. The summed E-state index contributed by atoms with van der Waals surface area (Å²) in [5, 5.41) is 6.24. The molecule has 0 fully saturated rings. The van der Waals surface area contributed by atoms with Crippen molar-refractivity contribution in [3.05, 3.63) is 71.3 Å². The van der Waals surface area contributed by atoms with E-state index in [4.69, 9.17) is 14.2 Å². The van der Waals surface area contributed by atoms with E-state index in [0.29, 0.717) is 17.7 Å². The molecule has 0 bridgehead atoms. The average molecular weight is 661 g/mol. The molecule has 18 heteroatoms. The Morgan fingerprint density at radius 2 is 1.40 bits per heavy atom. The van der Waals surface area contributed by atoms with Crippen molar-refractivity contribution in [1.82, 2.24) is 24.7 Å². The Labute approximate surface area is 253 Å². The minimum absolute atomic E-state index is 0.00487. The number of nitrogens with zero attached hydrogens (tertiary/aromatic N) is 5. The predicted molar refractivity (Wildman–Crippen MR) is 148 cm³/mol. The summed E-state index contributed by atoms with van der Waals surface area (Å²) in [4.78, 5) is 8.25. The van der Waals surface area contributed by atoms with Crippen LogP contribution in [0.2, 0.25) is 0 Å². The van der Waals surface area contributed by atoms with Crippen LogP contribution in [0.1, 0.15) is 35.5 Å².